The number of nitrogens with zero attached hydrogens (tertiary/aromatic N) is 1. The Hall–Kier alpha value is -1.02. The van der Waals surface area contributed by atoms with Gasteiger partial charge in [0.1, 0.15) is 13.2 Å². The van der Waals surface area contributed by atoms with E-state index in [4.69, 9.17) is 9.05 Å². The summed E-state index contributed by atoms with van der Waals surface area (Å²) in [7, 11) is 1.25. The summed E-state index contributed by atoms with van der Waals surface area (Å²) in [6, 6.07) is -0.897. The van der Waals surface area contributed by atoms with Crippen molar-refractivity contribution in [2.24, 2.45) is 0 Å². The standard InChI is InChI=1S/C48H95N2O6P/c1-6-8-10-12-14-16-18-19-20-21-22-23-24-25-26-27-28-29-30-32-33-35-37-39-41-47(51)46(45-56-57(53,54)55-44-43-50(3,4)5)49-48(52)42-40-38-36-34-31-17-15-13-11-9-7-2/h32-33,39,41,46-47,51H,6-31,34-38,40,42-45H2,1-5H3,(H-,49,52,53,54)/b33-32+,41-39+. The van der Waals surface area contributed by atoms with Gasteiger partial charge < -0.3 is 28.8 Å². The molecule has 0 aliphatic rings. The van der Waals surface area contributed by atoms with Crippen LogP contribution in [0, 0.1) is 0 Å². The van der Waals surface area contributed by atoms with E-state index in [0.29, 0.717) is 17.4 Å². The number of phosphoric ester groups is 1. The van der Waals surface area contributed by atoms with Gasteiger partial charge in [-0.05, 0) is 32.1 Å². The highest BCUT2D eigenvalue weighted by molar-refractivity contribution is 7.45. The van der Waals surface area contributed by atoms with E-state index in [1.807, 2.05) is 27.2 Å². The molecule has 3 atom stereocenters. The van der Waals surface area contributed by atoms with E-state index in [2.05, 4.69) is 31.3 Å². The van der Waals surface area contributed by atoms with Crippen LogP contribution in [0.2, 0.25) is 0 Å². The molecule has 0 spiro atoms. The summed E-state index contributed by atoms with van der Waals surface area (Å²) in [5, 5.41) is 13.8. The molecule has 0 aromatic heterocycles. The van der Waals surface area contributed by atoms with Crippen LogP contribution >= 0.6 is 7.82 Å². The summed E-state index contributed by atoms with van der Waals surface area (Å²) < 4.78 is 23.2. The fourth-order valence-electron chi connectivity index (χ4n) is 7.05. The van der Waals surface area contributed by atoms with Gasteiger partial charge in [0.15, 0.2) is 0 Å². The van der Waals surface area contributed by atoms with Crippen LogP contribution in [0.5, 0.6) is 0 Å². The number of aliphatic hydroxyl groups excluding tert-OH is 1. The molecular formula is C48H95N2O6P. The molecule has 3 unspecified atom stereocenters. The molecule has 0 bridgehead atoms. The third kappa shape index (κ3) is 42.9. The Bertz CT molecular complexity index is 984. The topological polar surface area (TPSA) is 108 Å². The molecule has 0 aliphatic carbocycles. The number of allylic oxidation sites excluding steroid dienone is 3. The zero-order chi connectivity index (χ0) is 42.1. The van der Waals surface area contributed by atoms with Gasteiger partial charge >= 0.3 is 0 Å². The van der Waals surface area contributed by atoms with Crippen molar-refractivity contribution in [2.75, 3.05) is 40.9 Å². The van der Waals surface area contributed by atoms with Crippen LogP contribution in [0.3, 0.4) is 0 Å². The molecule has 0 saturated heterocycles. The van der Waals surface area contributed by atoms with Gasteiger partial charge in [-0.25, -0.2) is 0 Å². The number of phosphoric acid groups is 1. The fraction of sp³-hybridized carbons (Fsp3) is 0.896. The summed E-state index contributed by atoms with van der Waals surface area (Å²) in [5.41, 5.74) is 0. The van der Waals surface area contributed by atoms with Gasteiger partial charge in [0.25, 0.3) is 7.82 Å². The number of carbonyl (C=O) groups is 1. The van der Waals surface area contributed by atoms with Gasteiger partial charge in [-0.2, -0.15) is 0 Å². The Morgan fingerprint density at radius 2 is 0.982 bits per heavy atom. The van der Waals surface area contributed by atoms with E-state index < -0.39 is 20.0 Å². The molecule has 0 radical (unpaired) electrons. The lowest BCUT2D eigenvalue weighted by molar-refractivity contribution is -0.870. The Morgan fingerprint density at radius 3 is 1.42 bits per heavy atom. The van der Waals surface area contributed by atoms with Crippen molar-refractivity contribution in [1.82, 2.24) is 5.32 Å². The molecule has 0 fully saturated rings. The third-order valence-electron chi connectivity index (χ3n) is 10.9. The number of quaternary nitrogens is 1. The maximum atomic E-state index is 12.8. The van der Waals surface area contributed by atoms with Crippen LogP contribution in [0.1, 0.15) is 226 Å². The molecule has 338 valence electrons. The molecule has 0 rings (SSSR count). The lowest BCUT2D eigenvalue weighted by Gasteiger charge is -2.29. The SMILES string of the molecule is CCCCCCCCCCCCCCCCCCCC/C=C/CC/C=C/C(O)C(COP(=O)([O-])OCC[N+](C)(C)C)NC(=O)CCCCCCCCCCCCC. The van der Waals surface area contributed by atoms with E-state index >= 15 is 0 Å². The molecule has 0 aliphatic heterocycles. The van der Waals surface area contributed by atoms with Gasteiger partial charge in [0.2, 0.25) is 5.91 Å². The first-order chi connectivity index (χ1) is 27.5. The molecule has 0 aromatic rings. The largest absolute Gasteiger partial charge is 0.756 e. The first-order valence-electron chi connectivity index (χ1n) is 24.2. The number of nitrogens with one attached hydrogen (secondary N) is 1. The van der Waals surface area contributed by atoms with Crippen LogP contribution in [0.4, 0.5) is 0 Å². The predicted molar refractivity (Wildman–Crippen MR) is 242 cm³/mol. The molecule has 9 heteroatoms. The molecular weight excluding hydrogens is 732 g/mol. The van der Waals surface area contributed by atoms with Crippen molar-refractivity contribution in [3.8, 4) is 0 Å². The van der Waals surface area contributed by atoms with Crippen molar-refractivity contribution >= 4 is 13.7 Å². The van der Waals surface area contributed by atoms with Gasteiger partial charge in [-0.1, -0.05) is 212 Å². The average molecular weight is 827 g/mol. The minimum Gasteiger partial charge on any atom is -0.756 e. The van der Waals surface area contributed by atoms with Crippen LogP contribution in [0.25, 0.3) is 0 Å². The third-order valence-corrected chi connectivity index (χ3v) is 11.9. The summed E-state index contributed by atoms with van der Waals surface area (Å²) in [4.78, 5) is 25.3. The Kier molecular flexibility index (Phi) is 39.7. The minimum atomic E-state index is -4.59. The Balaban J connectivity index is 4.29. The lowest BCUT2D eigenvalue weighted by Crippen LogP contribution is -2.45. The fourth-order valence-corrected chi connectivity index (χ4v) is 7.77. The summed E-state index contributed by atoms with van der Waals surface area (Å²) in [6.45, 7) is 4.63. The number of aliphatic hydroxyl groups is 1. The van der Waals surface area contributed by atoms with Gasteiger partial charge in [0, 0.05) is 6.42 Å². The molecule has 1 amide bonds. The molecule has 0 aromatic carbocycles. The number of likely N-dealkylation sites (N-methyl/N-ethyl adjacent to an activating group) is 1. The monoisotopic (exact) mass is 827 g/mol. The predicted octanol–water partition coefficient (Wildman–Crippen LogP) is 13.1. The number of hydrogen-bond donors (Lipinski definition) is 2. The Labute approximate surface area is 354 Å². The molecule has 2 N–H and O–H groups in total. The normalized spacial score (nSPS) is 14.4. The van der Waals surface area contributed by atoms with Gasteiger partial charge in [-0.15, -0.1) is 0 Å². The number of amides is 1. The van der Waals surface area contributed by atoms with Gasteiger partial charge in [0.05, 0.1) is 39.9 Å². The van der Waals surface area contributed by atoms with Crippen molar-refractivity contribution in [2.45, 2.75) is 238 Å². The highest BCUT2D eigenvalue weighted by Crippen LogP contribution is 2.38. The van der Waals surface area contributed by atoms with Crippen molar-refractivity contribution in [3.63, 3.8) is 0 Å². The zero-order valence-electron chi connectivity index (χ0n) is 38.3. The quantitative estimate of drug-likeness (QED) is 0.0274. The van der Waals surface area contributed by atoms with Crippen molar-refractivity contribution in [3.05, 3.63) is 24.3 Å². The second-order valence-corrected chi connectivity index (χ2v) is 19.2. The number of rotatable bonds is 44. The second kappa shape index (κ2) is 40.4. The Morgan fingerprint density at radius 1 is 0.596 bits per heavy atom. The molecule has 57 heavy (non-hydrogen) atoms. The van der Waals surface area contributed by atoms with E-state index in [-0.39, 0.29) is 19.1 Å². The van der Waals surface area contributed by atoms with Crippen molar-refractivity contribution < 1.29 is 32.9 Å². The maximum Gasteiger partial charge on any atom is 0.268 e. The average Bonchev–Trinajstić information content (AvgIpc) is 3.16. The summed E-state index contributed by atoms with van der Waals surface area (Å²) in [6.07, 6.45) is 48.2. The highest BCUT2D eigenvalue weighted by Gasteiger charge is 2.23. The summed E-state index contributed by atoms with van der Waals surface area (Å²) in [5.74, 6) is -0.207. The molecule has 8 nitrogen and oxygen atoms in total. The van der Waals surface area contributed by atoms with Crippen LogP contribution in [-0.4, -0.2) is 68.5 Å². The van der Waals surface area contributed by atoms with Crippen LogP contribution in [-0.2, 0) is 18.4 Å². The lowest BCUT2D eigenvalue weighted by atomic mass is 10.0. The van der Waals surface area contributed by atoms with Crippen LogP contribution < -0.4 is 10.2 Å². The van der Waals surface area contributed by atoms with E-state index in [1.165, 1.54) is 167 Å². The van der Waals surface area contributed by atoms with E-state index in [9.17, 15) is 19.4 Å². The first-order valence-corrected chi connectivity index (χ1v) is 25.7. The van der Waals surface area contributed by atoms with E-state index in [1.54, 1.807) is 6.08 Å². The highest BCUT2D eigenvalue weighted by atomic mass is 31.2. The number of hydrogen-bond acceptors (Lipinski definition) is 6. The number of unbranched alkanes of at least 4 members (excludes halogenated alkanes) is 29. The summed E-state index contributed by atoms with van der Waals surface area (Å²) >= 11 is 0. The maximum absolute atomic E-state index is 12.8. The first kappa shape index (κ1) is 56.0. The molecule has 0 heterocycles. The van der Waals surface area contributed by atoms with E-state index in [0.717, 1.165) is 38.5 Å². The second-order valence-electron chi connectivity index (χ2n) is 17.8. The zero-order valence-corrected chi connectivity index (χ0v) is 39.2. The van der Waals surface area contributed by atoms with Crippen molar-refractivity contribution in [1.29, 1.82) is 0 Å². The number of carbonyl (C=O) groups excluding carboxylic acids is 1. The molecule has 0 saturated carbocycles. The smallest absolute Gasteiger partial charge is 0.268 e. The van der Waals surface area contributed by atoms with Crippen LogP contribution in [0.15, 0.2) is 24.3 Å². The van der Waals surface area contributed by atoms with Gasteiger partial charge in [-0.3, -0.25) is 9.36 Å². The minimum absolute atomic E-state index is 0.00429.